The maximum atomic E-state index is 12.2. The van der Waals surface area contributed by atoms with Gasteiger partial charge in [-0.05, 0) is 51.2 Å². The summed E-state index contributed by atoms with van der Waals surface area (Å²) in [7, 11) is 3.92. The lowest BCUT2D eigenvalue weighted by Crippen LogP contribution is -2.33. The van der Waals surface area contributed by atoms with Crippen molar-refractivity contribution in [1.29, 1.82) is 0 Å². The number of hydrogen-bond donors (Lipinski definition) is 2. The first-order valence-electron chi connectivity index (χ1n) is 7.38. The number of carbonyl (C=O) groups excluding carboxylic acids is 2. The summed E-state index contributed by atoms with van der Waals surface area (Å²) in [6.45, 7) is 3.36. The molecular weight excluding hydrogens is 346 g/mol. The van der Waals surface area contributed by atoms with Gasteiger partial charge in [-0.15, -0.1) is 0 Å². The van der Waals surface area contributed by atoms with Gasteiger partial charge in [0.05, 0.1) is 11.8 Å². The molecule has 22 heavy (non-hydrogen) atoms. The van der Waals surface area contributed by atoms with Crippen LogP contribution in [0.4, 0.5) is 5.69 Å². The van der Waals surface area contributed by atoms with E-state index in [1.54, 1.807) is 0 Å². The Morgan fingerprint density at radius 2 is 1.95 bits per heavy atom. The average Bonchev–Trinajstić information content (AvgIpc) is 3.22. The predicted octanol–water partition coefficient (Wildman–Crippen LogP) is 2.01. The van der Waals surface area contributed by atoms with Crippen LogP contribution in [0.2, 0.25) is 0 Å². The van der Waals surface area contributed by atoms with Crippen molar-refractivity contribution in [2.75, 3.05) is 32.5 Å². The van der Waals surface area contributed by atoms with Gasteiger partial charge in [0, 0.05) is 23.2 Å². The summed E-state index contributed by atoms with van der Waals surface area (Å²) in [5.41, 5.74) is 1.79. The maximum Gasteiger partial charge on any atom is 0.228 e. The zero-order chi connectivity index (χ0) is 16.3. The summed E-state index contributed by atoms with van der Waals surface area (Å²) in [5, 5.41) is 5.79. The number of anilines is 1. The number of hydrogen-bond acceptors (Lipinski definition) is 3. The summed E-state index contributed by atoms with van der Waals surface area (Å²) in [4.78, 5) is 26.2. The molecule has 0 heterocycles. The highest BCUT2D eigenvalue weighted by atomic mass is 79.9. The fourth-order valence-corrected chi connectivity index (χ4v) is 2.78. The Hall–Kier alpha value is -1.40. The minimum absolute atomic E-state index is 0.0190. The molecule has 0 aliphatic heterocycles. The van der Waals surface area contributed by atoms with Crippen molar-refractivity contribution in [3.63, 3.8) is 0 Å². The monoisotopic (exact) mass is 367 g/mol. The summed E-state index contributed by atoms with van der Waals surface area (Å²) in [6, 6.07) is 5.71. The van der Waals surface area contributed by atoms with Crippen LogP contribution < -0.4 is 10.6 Å². The van der Waals surface area contributed by atoms with Crippen LogP contribution in [0.1, 0.15) is 12.0 Å². The number of halogens is 1. The molecule has 0 bridgehead atoms. The molecule has 1 aliphatic rings. The molecule has 120 valence electrons. The number of nitrogens with one attached hydrogen (secondary N) is 2. The Balaban J connectivity index is 1.81. The second-order valence-electron chi connectivity index (χ2n) is 5.99. The highest BCUT2D eigenvalue weighted by Gasteiger charge is 2.47. The number of amides is 2. The van der Waals surface area contributed by atoms with Crippen LogP contribution in [0, 0.1) is 18.8 Å². The van der Waals surface area contributed by atoms with Gasteiger partial charge in [0.15, 0.2) is 0 Å². The molecule has 1 aromatic rings. The van der Waals surface area contributed by atoms with E-state index in [1.807, 2.05) is 44.1 Å². The molecule has 0 saturated heterocycles. The number of aryl methyl sites for hydroxylation is 1. The van der Waals surface area contributed by atoms with Crippen molar-refractivity contribution in [2.45, 2.75) is 13.3 Å². The molecule has 2 atom stereocenters. The first-order chi connectivity index (χ1) is 10.4. The van der Waals surface area contributed by atoms with Crippen molar-refractivity contribution in [2.24, 2.45) is 11.8 Å². The molecule has 2 amide bonds. The molecule has 0 spiro atoms. The normalized spacial score (nSPS) is 19.9. The van der Waals surface area contributed by atoms with Gasteiger partial charge in [0.2, 0.25) is 11.8 Å². The van der Waals surface area contributed by atoms with E-state index in [2.05, 4.69) is 26.6 Å². The number of likely N-dealkylation sites (N-methyl/N-ethyl adjacent to an activating group) is 1. The third-order valence-electron chi connectivity index (χ3n) is 3.77. The summed E-state index contributed by atoms with van der Waals surface area (Å²) < 4.78 is 0.979. The first kappa shape index (κ1) is 17.0. The third-order valence-corrected chi connectivity index (χ3v) is 4.26. The van der Waals surface area contributed by atoms with E-state index in [-0.39, 0.29) is 23.7 Å². The van der Waals surface area contributed by atoms with Crippen LogP contribution >= 0.6 is 15.9 Å². The van der Waals surface area contributed by atoms with Crippen LogP contribution in [0.3, 0.4) is 0 Å². The van der Waals surface area contributed by atoms with E-state index < -0.39 is 0 Å². The number of rotatable bonds is 6. The van der Waals surface area contributed by atoms with Gasteiger partial charge >= 0.3 is 0 Å². The highest BCUT2D eigenvalue weighted by molar-refractivity contribution is 9.10. The molecule has 1 fully saturated rings. The van der Waals surface area contributed by atoms with E-state index in [4.69, 9.17) is 0 Å². The van der Waals surface area contributed by atoms with Crippen molar-refractivity contribution in [1.82, 2.24) is 10.2 Å². The molecule has 1 saturated carbocycles. The Morgan fingerprint density at radius 3 is 2.59 bits per heavy atom. The van der Waals surface area contributed by atoms with Gasteiger partial charge in [-0.3, -0.25) is 9.59 Å². The average molecular weight is 368 g/mol. The standard InChI is InChI=1S/C16H22BrN3O2/c1-10-8-11(17)4-5-14(10)19-16(22)13-9-12(13)15(21)18-6-7-20(2)3/h4-5,8,12-13H,6-7,9H2,1-3H3,(H,18,21)(H,19,22). The lowest BCUT2D eigenvalue weighted by atomic mass is 10.2. The van der Waals surface area contributed by atoms with E-state index >= 15 is 0 Å². The number of benzene rings is 1. The molecule has 0 aromatic heterocycles. The van der Waals surface area contributed by atoms with Crippen LogP contribution in [0.15, 0.2) is 22.7 Å². The molecule has 2 N–H and O–H groups in total. The van der Waals surface area contributed by atoms with Gasteiger partial charge < -0.3 is 15.5 Å². The predicted molar refractivity (Wildman–Crippen MR) is 90.7 cm³/mol. The minimum Gasteiger partial charge on any atom is -0.355 e. The van der Waals surface area contributed by atoms with Gasteiger partial charge in [-0.2, -0.15) is 0 Å². The molecule has 6 heteroatoms. The van der Waals surface area contributed by atoms with Crippen LogP contribution in [-0.2, 0) is 9.59 Å². The van der Waals surface area contributed by atoms with E-state index in [0.29, 0.717) is 13.0 Å². The molecule has 2 unspecified atom stereocenters. The highest BCUT2D eigenvalue weighted by Crippen LogP contribution is 2.39. The number of carbonyl (C=O) groups is 2. The molecule has 5 nitrogen and oxygen atoms in total. The quantitative estimate of drug-likeness (QED) is 0.808. The molecule has 2 rings (SSSR count). The smallest absolute Gasteiger partial charge is 0.228 e. The van der Waals surface area contributed by atoms with Crippen LogP contribution in [0.25, 0.3) is 0 Å². The maximum absolute atomic E-state index is 12.2. The van der Waals surface area contributed by atoms with E-state index in [0.717, 1.165) is 22.3 Å². The van der Waals surface area contributed by atoms with Crippen LogP contribution in [-0.4, -0.2) is 43.9 Å². The van der Waals surface area contributed by atoms with Gasteiger partial charge in [-0.25, -0.2) is 0 Å². The summed E-state index contributed by atoms with van der Waals surface area (Å²) in [6.07, 6.45) is 0.634. The van der Waals surface area contributed by atoms with Gasteiger partial charge in [0.25, 0.3) is 0 Å². The second-order valence-corrected chi connectivity index (χ2v) is 6.91. The second kappa shape index (κ2) is 7.24. The van der Waals surface area contributed by atoms with Crippen molar-refractivity contribution in [3.8, 4) is 0 Å². The Kier molecular flexibility index (Phi) is 5.58. The fraction of sp³-hybridized carbons (Fsp3) is 0.500. The molecule has 1 aliphatic carbocycles. The Bertz CT molecular complexity index is 575. The largest absolute Gasteiger partial charge is 0.355 e. The minimum atomic E-state index is -0.206. The van der Waals surface area contributed by atoms with Crippen molar-refractivity contribution < 1.29 is 9.59 Å². The van der Waals surface area contributed by atoms with Gasteiger partial charge in [0.1, 0.15) is 0 Å². The van der Waals surface area contributed by atoms with E-state index in [9.17, 15) is 9.59 Å². The third kappa shape index (κ3) is 4.55. The number of nitrogens with zero attached hydrogens (tertiary/aromatic N) is 1. The van der Waals surface area contributed by atoms with Crippen molar-refractivity contribution >= 4 is 33.4 Å². The zero-order valence-electron chi connectivity index (χ0n) is 13.1. The Morgan fingerprint density at radius 1 is 1.27 bits per heavy atom. The topological polar surface area (TPSA) is 61.4 Å². The summed E-state index contributed by atoms with van der Waals surface area (Å²) in [5.74, 6) is -0.479. The lowest BCUT2D eigenvalue weighted by Gasteiger charge is -2.11. The molecule has 1 aromatic carbocycles. The van der Waals surface area contributed by atoms with E-state index in [1.165, 1.54) is 0 Å². The van der Waals surface area contributed by atoms with Gasteiger partial charge in [-0.1, -0.05) is 15.9 Å². The van der Waals surface area contributed by atoms with Crippen LogP contribution in [0.5, 0.6) is 0 Å². The first-order valence-corrected chi connectivity index (χ1v) is 8.17. The Labute approximate surface area is 139 Å². The molecule has 0 radical (unpaired) electrons. The fourth-order valence-electron chi connectivity index (χ4n) is 2.30. The summed E-state index contributed by atoms with van der Waals surface area (Å²) >= 11 is 3.40. The SMILES string of the molecule is Cc1cc(Br)ccc1NC(=O)C1CC1C(=O)NCCN(C)C. The zero-order valence-corrected chi connectivity index (χ0v) is 14.7. The lowest BCUT2D eigenvalue weighted by molar-refractivity contribution is -0.125. The molecular formula is C16H22BrN3O2. The van der Waals surface area contributed by atoms with Crippen molar-refractivity contribution in [3.05, 3.63) is 28.2 Å².